The van der Waals surface area contributed by atoms with Crippen molar-refractivity contribution >= 4 is 23.5 Å². The van der Waals surface area contributed by atoms with Crippen LogP contribution in [0.1, 0.15) is 18.4 Å². The van der Waals surface area contributed by atoms with Crippen LogP contribution in [0.5, 0.6) is 0 Å². The topological polar surface area (TPSA) is 47.6 Å². The Morgan fingerprint density at radius 3 is 2.36 bits per heavy atom. The van der Waals surface area contributed by atoms with E-state index in [9.17, 15) is 4.79 Å². The third-order valence-electron chi connectivity index (χ3n) is 5.25. The number of rotatable bonds is 6. The molecule has 1 aliphatic heterocycles. The molecule has 1 heterocycles. The van der Waals surface area contributed by atoms with E-state index in [0.29, 0.717) is 6.04 Å². The average molecular weight is 377 g/mol. The highest BCUT2D eigenvalue weighted by molar-refractivity contribution is 5.89. The number of nitrogens with one attached hydrogen (secondary N) is 2. The van der Waals surface area contributed by atoms with Crippen molar-refractivity contribution in [2.75, 3.05) is 42.9 Å². The molecule has 1 saturated heterocycles. The van der Waals surface area contributed by atoms with Crippen LogP contribution in [0, 0.1) is 0 Å². The molecule has 28 heavy (non-hydrogen) atoms. The van der Waals surface area contributed by atoms with Crippen molar-refractivity contribution in [3.05, 3.63) is 66.2 Å². The number of benzene rings is 2. The molecule has 146 valence electrons. The molecule has 2 fully saturated rings. The van der Waals surface area contributed by atoms with E-state index in [0.717, 1.165) is 51.3 Å². The van der Waals surface area contributed by atoms with Crippen LogP contribution in [0.4, 0.5) is 16.2 Å². The van der Waals surface area contributed by atoms with Gasteiger partial charge in [0.15, 0.2) is 0 Å². The first-order chi connectivity index (χ1) is 13.8. The van der Waals surface area contributed by atoms with Gasteiger partial charge in [-0.2, -0.15) is 0 Å². The zero-order chi connectivity index (χ0) is 19.2. The van der Waals surface area contributed by atoms with Gasteiger partial charge >= 0.3 is 6.03 Å². The molecule has 1 saturated carbocycles. The Hall–Kier alpha value is -2.79. The van der Waals surface area contributed by atoms with Crippen LogP contribution in [0.25, 0.3) is 6.08 Å². The van der Waals surface area contributed by atoms with E-state index in [1.807, 2.05) is 18.2 Å². The number of hydrogen-bond acceptors (Lipinski definition) is 3. The third-order valence-corrected chi connectivity index (χ3v) is 5.25. The van der Waals surface area contributed by atoms with Crippen molar-refractivity contribution < 1.29 is 4.79 Å². The smallest absolute Gasteiger partial charge is 0.319 e. The van der Waals surface area contributed by atoms with Crippen LogP contribution in [0.3, 0.4) is 0 Å². The quantitative estimate of drug-likeness (QED) is 0.806. The lowest BCUT2D eigenvalue weighted by molar-refractivity contribution is 0.251. The maximum Gasteiger partial charge on any atom is 0.319 e. The monoisotopic (exact) mass is 376 g/mol. The van der Waals surface area contributed by atoms with Gasteiger partial charge < -0.3 is 15.5 Å². The molecule has 0 aromatic heterocycles. The minimum absolute atomic E-state index is 0.104. The highest BCUT2D eigenvalue weighted by Crippen LogP contribution is 2.21. The second kappa shape index (κ2) is 8.93. The average Bonchev–Trinajstić information content (AvgIpc) is 3.54. The largest absolute Gasteiger partial charge is 0.369 e. The summed E-state index contributed by atoms with van der Waals surface area (Å²) in [6.45, 7) is 5.15. The number of carbonyl (C=O) groups is 1. The molecule has 2 aromatic rings. The van der Waals surface area contributed by atoms with Crippen molar-refractivity contribution in [2.45, 2.75) is 18.9 Å². The fraction of sp³-hybridized carbons (Fsp3) is 0.348. The minimum Gasteiger partial charge on any atom is -0.369 e. The molecule has 0 radical (unpaired) electrons. The molecule has 2 N–H and O–H groups in total. The molecule has 5 nitrogen and oxygen atoms in total. The summed E-state index contributed by atoms with van der Waals surface area (Å²) in [5.74, 6) is 0. The molecule has 0 bridgehead atoms. The summed E-state index contributed by atoms with van der Waals surface area (Å²) in [5.41, 5.74) is 3.31. The van der Waals surface area contributed by atoms with Gasteiger partial charge in [-0.05, 0) is 42.7 Å². The van der Waals surface area contributed by atoms with E-state index in [4.69, 9.17) is 0 Å². The zero-order valence-electron chi connectivity index (χ0n) is 16.2. The summed E-state index contributed by atoms with van der Waals surface area (Å²) in [6.07, 6.45) is 6.64. The maximum absolute atomic E-state index is 11.8. The number of nitrogens with zero attached hydrogens (tertiary/aromatic N) is 2. The van der Waals surface area contributed by atoms with Gasteiger partial charge in [0, 0.05) is 50.1 Å². The molecule has 2 amide bonds. The molecule has 4 rings (SSSR count). The Balaban J connectivity index is 1.22. The van der Waals surface area contributed by atoms with Crippen LogP contribution in [-0.4, -0.2) is 49.7 Å². The number of amides is 2. The van der Waals surface area contributed by atoms with E-state index in [1.165, 1.54) is 11.3 Å². The third kappa shape index (κ3) is 5.36. The van der Waals surface area contributed by atoms with E-state index < -0.39 is 0 Å². The lowest BCUT2D eigenvalue weighted by Gasteiger charge is -2.35. The van der Waals surface area contributed by atoms with Crippen LogP contribution < -0.4 is 15.5 Å². The molecule has 1 aliphatic carbocycles. The van der Waals surface area contributed by atoms with Gasteiger partial charge in [-0.3, -0.25) is 4.90 Å². The zero-order valence-corrected chi connectivity index (χ0v) is 16.2. The Morgan fingerprint density at radius 1 is 0.964 bits per heavy atom. The van der Waals surface area contributed by atoms with Crippen molar-refractivity contribution in [1.82, 2.24) is 10.2 Å². The number of hydrogen-bond donors (Lipinski definition) is 2. The predicted octanol–water partition coefficient (Wildman–Crippen LogP) is 3.81. The van der Waals surface area contributed by atoms with Crippen molar-refractivity contribution in [2.24, 2.45) is 0 Å². The number of anilines is 2. The molecule has 2 aromatic carbocycles. The van der Waals surface area contributed by atoms with Crippen LogP contribution in [0.15, 0.2) is 60.7 Å². The van der Waals surface area contributed by atoms with Gasteiger partial charge in [-0.1, -0.05) is 42.5 Å². The Labute approximate surface area is 167 Å². The molecule has 5 heteroatoms. The Bertz CT molecular complexity index is 791. The first-order valence-corrected chi connectivity index (χ1v) is 10.1. The summed E-state index contributed by atoms with van der Waals surface area (Å²) in [4.78, 5) is 16.7. The summed E-state index contributed by atoms with van der Waals surface area (Å²) in [5, 5.41) is 5.84. The number of carbonyl (C=O) groups excluding carboxylic acids is 1. The predicted molar refractivity (Wildman–Crippen MR) is 116 cm³/mol. The second-order valence-electron chi connectivity index (χ2n) is 7.52. The standard InChI is InChI=1S/C23H28N4O/c28-23(24-20-8-9-20)25-21-10-12-22(13-11-21)27-17-15-26(16-18-27)14-4-7-19-5-2-1-3-6-19/h1-7,10-13,20H,8-9,14-18H2,(H2,24,25,28)/b7-4+. The van der Waals surface area contributed by atoms with Gasteiger partial charge in [0.05, 0.1) is 0 Å². The number of piperazine rings is 1. The van der Waals surface area contributed by atoms with E-state index >= 15 is 0 Å². The lowest BCUT2D eigenvalue weighted by Crippen LogP contribution is -2.46. The molecular weight excluding hydrogens is 348 g/mol. The van der Waals surface area contributed by atoms with Gasteiger partial charge in [0.2, 0.25) is 0 Å². The van der Waals surface area contributed by atoms with Crippen LogP contribution in [-0.2, 0) is 0 Å². The maximum atomic E-state index is 11.8. The molecule has 0 spiro atoms. The van der Waals surface area contributed by atoms with Gasteiger partial charge in [0.1, 0.15) is 0 Å². The molecule has 0 atom stereocenters. The SMILES string of the molecule is O=C(Nc1ccc(N2CCN(C/C=C/c3ccccc3)CC2)cc1)NC1CC1. The lowest BCUT2D eigenvalue weighted by atomic mass is 10.2. The summed E-state index contributed by atoms with van der Waals surface area (Å²) >= 11 is 0. The molecule has 2 aliphatic rings. The van der Waals surface area contributed by atoms with Gasteiger partial charge in [-0.15, -0.1) is 0 Å². The van der Waals surface area contributed by atoms with E-state index in [-0.39, 0.29) is 6.03 Å². The van der Waals surface area contributed by atoms with Crippen molar-refractivity contribution in [3.63, 3.8) is 0 Å². The van der Waals surface area contributed by atoms with E-state index in [1.54, 1.807) is 0 Å². The fourth-order valence-corrected chi connectivity index (χ4v) is 3.43. The summed E-state index contributed by atoms with van der Waals surface area (Å²) in [6, 6.07) is 18.9. The highest BCUT2D eigenvalue weighted by atomic mass is 16.2. The Morgan fingerprint density at radius 2 is 1.68 bits per heavy atom. The Kier molecular flexibility index (Phi) is 5.92. The first kappa shape index (κ1) is 18.6. The fourth-order valence-electron chi connectivity index (χ4n) is 3.43. The second-order valence-corrected chi connectivity index (χ2v) is 7.52. The van der Waals surface area contributed by atoms with Gasteiger partial charge in [-0.25, -0.2) is 4.79 Å². The van der Waals surface area contributed by atoms with Crippen molar-refractivity contribution in [1.29, 1.82) is 0 Å². The van der Waals surface area contributed by atoms with E-state index in [2.05, 4.69) is 69.0 Å². The normalized spacial score (nSPS) is 17.6. The molecule has 0 unspecified atom stereocenters. The summed E-state index contributed by atoms with van der Waals surface area (Å²) < 4.78 is 0. The first-order valence-electron chi connectivity index (χ1n) is 10.1. The van der Waals surface area contributed by atoms with Gasteiger partial charge in [0.25, 0.3) is 0 Å². The van der Waals surface area contributed by atoms with Crippen LogP contribution in [0.2, 0.25) is 0 Å². The number of urea groups is 1. The highest BCUT2D eigenvalue weighted by Gasteiger charge is 2.23. The molecular formula is C23H28N4O. The summed E-state index contributed by atoms with van der Waals surface area (Å²) in [7, 11) is 0. The van der Waals surface area contributed by atoms with Crippen molar-refractivity contribution in [3.8, 4) is 0 Å². The minimum atomic E-state index is -0.104. The van der Waals surface area contributed by atoms with Crippen LogP contribution >= 0.6 is 0 Å².